The van der Waals surface area contributed by atoms with Gasteiger partial charge in [0.05, 0.1) is 17.4 Å². The average molecular weight is 247 g/mol. The Morgan fingerprint density at radius 1 is 1.39 bits per heavy atom. The van der Waals surface area contributed by atoms with Crippen LogP contribution < -0.4 is 5.32 Å². The van der Waals surface area contributed by atoms with E-state index in [4.69, 9.17) is 0 Å². The predicted molar refractivity (Wildman–Crippen MR) is 75.5 cm³/mol. The molecule has 0 saturated heterocycles. The van der Waals surface area contributed by atoms with Crippen molar-refractivity contribution in [2.45, 2.75) is 52.0 Å². The normalized spacial score (nSPS) is 18.3. The minimum absolute atomic E-state index is 0.347. The Bertz CT molecular complexity index is 417. The summed E-state index contributed by atoms with van der Waals surface area (Å²) in [6, 6.07) is 2.55. The molecule has 0 aromatic carbocycles. The fraction of sp³-hybridized carbons (Fsp3) is 0.667. The number of rotatable bonds is 4. The van der Waals surface area contributed by atoms with Crippen LogP contribution in [0.15, 0.2) is 17.7 Å². The van der Waals surface area contributed by atoms with Crippen molar-refractivity contribution in [1.29, 1.82) is 0 Å². The standard InChI is InChI=1S/C15H25N3/c1-4-16-15(13-9-7-5-6-8-10-13)14-11-12(2)17-18(14)3/h9,11,15-16H,4-8,10H2,1-3H3. The first-order valence-corrected chi connectivity index (χ1v) is 7.15. The Morgan fingerprint density at radius 2 is 2.22 bits per heavy atom. The molecular formula is C15H25N3. The van der Waals surface area contributed by atoms with Crippen LogP contribution in [0, 0.1) is 6.92 Å². The summed E-state index contributed by atoms with van der Waals surface area (Å²) in [6.07, 6.45) is 8.93. The number of nitrogens with one attached hydrogen (secondary N) is 1. The van der Waals surface area contributed by atoms with Gasteiger partial charge in [0.15, 0.2) is 0 Å². The third-order valence-electron chi connectivity index (χ3n) is 3.69. The molecule has 0 bridgehead atoms. The van der Waals surface area contributed by atoms with E-state index in [2.05, 4.69) is 36.4 Å². The molecule has 18 heavy (non-hydrogen) atoms. The van der Waals surface area contributed by atoms with Gasteiger partial charge in [-0.1, -0.05) is 25.0 Å². The van der Waals surface area contributed by atoms with E-state index in [1.807, 2.05) is 11.7 Å². The summed E-state index contributed by atoms with van der Waals surface area (Å²) in [7, 11) is 2.05. The molecule has 0 spiro atoms. The summed E-state index contributed by atoms with van der Waals surface area (Å²) in [5.41, 5.74) is 3.95. The summed E-state index contributed by atoms with van der Waals surface area (Å²) in [5.74, 6) is 0. The molecule has 2 rings (SSSR count). The average Bonchev–Trinajstić information content (AvgIpc) is 2.58. The molecule has 3 heteroatoms. The van der Waals surface area contributed by atoms with Gasteiger partial charge < -0.3 is 5.32 Å². The molecule has 0 radical (unpaired) electrons. The molecule has 0 fully saturated rings. The molecule has 1 aliphatic carbocycles. The van der Waals surface area contributed by atoms with Gasteiger partial charge in [0.2, 0.25) is 0 Å². The van der Waals surface area contributed by atoms with Crippen LogP contribution in [0.25, 0.3) is 0 Å². The van der Waals surface area contributed by atoms with Crippen LogP contribution in [0.1, 0.15) is 56.5 Å². The molecule has 3 nitrogen and oxygen atoms in total. The fourth-order valence-electron chi connectivity index (χ4n) is 2.83. The molecule has 1 aliphatic rings. The summed E-state index contributed by atoms with van der Waals surface area (Å²) in [4.78, 5) is 0. The first kappa shape index (κ1) is 13.3. The van der Waals surface area contributed by atoms with E-state index in [1.54, 1.807) is 5.57 Å². The smallest absolute Gasteiger partial charge is 0.0707 e. The molecule has 1 aromatic heterocycles. The van der Waals surface area contributed by atoms with Crippen LogP contribution in [-0.4, -0.2) is 16.3 Å². The van der Waals surface area contributed by atoms with Crippen molar-refractivity contribution in [3.63, 3.8) is 0 Å². The van der Waals surface area contributed by atoms with Crippen LogP contribution in [0.4, 0.5) is 0 Å². The zero-order chi connectivity index (χ0) is 13.0. The minimum Gasteiger partial charge on any atom is -0.306 e. The van der Waals surface area contributed by atoms with E-state index >= 15 is 0 Å². The van der Waals surface area contributed by atoms with Gasteiger partial charge in [0.1, 0.15) is 0 Å². The zero-order valence-electron chi connectivity index (χ0n) is 11.9. The number of hydrogen-bond donors (Lipinski definition) is 1. The molecule has 1 atom stereocenters. The lowest BCUT2D eigenvalue weighted by Gasteiger charge is -2.21. The highest BCUT2D eigenvalue weighted by molar-refractivity contribution is 5.25. The lowest BCUT2D eigenvalue weighted by Crippen LogP contribution is -2.25. The van der Waals surface area contributed by atoms with E-state index < -0.39 is 0 Å². The number of nitrogens with zero attached hydrogens (tertiary/aromatic N) is 2. The summed E-state index contributed by atoms with van der Waals surface area (Å²) >= 11 is 0. The van der Waals surface area contributed by atoms with Gasteiger partial charge in [0, 0.05) is 7.05 Å². The highest BCUT2D eigenvalue weighted by Crippen LogP contribution is 2.29. The third-order valence-corrected chi connectivity index (χ3v) is 3.69. The van der Waals surface area contributed by atoms with Crippen LogP contribution >= 0.6 is 0 Å². The van der Waals surface area contributed by atoms with Gasteiger partial charge >= 0.3 is 0 Å². The second kappa shape index (κ2) is 6.19. The van der Waals surface area contributed by atoms with Crippen LogP contribution in [-0.2, 0) is 7.05 Å². The van der Waals surface area contributed by atoms with Crippen molar-refractivity contribution in [2.75, 3.05) is 6.54 Å². The molecule has 1 aromatic rings. The second-order valence-corrected chi connectivity index (χ2v) is 5.20. The molecule has 100 valence electrons. The third kappa shape index (κ3) is 3.02. The number of aromatic nitrogens is 2. The highest BCUT2D eigenvalue weighted by Gasteiger charge is 2.20. The summed E-state index contributed by atoms with van der Waals surface area (Å²) in [5, 5.41) is 8.10. The Morgan fingerprint density at radius 3 is 2.89 bits per heavy atom. The number of allylic oxidation sites excluding steroid dienone is 1. The largest absolute Gasteiger partial charge is 0.306 e. The number of hydrogen-bond acceptors (Lipinski definition) is 2. The Kier molecular flexibility index (Phi) is 4.59. The Labute approximate surface area is 110 Å². The van der Waals surface area contributed by atoms with Crippen molar-refractivity contribution in [2.24, 2.45) is 7.05 Å². The fourth-order valence-corrected chi connectivity index (χ4v) is 2.83. The van der Waals surface area contributed by atoms with Gasteiger partial charge in [-0.05, 0) is 45.2 Å². The Hall–Kier alpha value is -1.09. The lowest BCUT2D eigenvalue weighted by atomic mass is 9.98. The van der Waals surface area contributed by atoms with Gasteiger partial charge in [-0.25, -0.2) is 0 Å². The predicted octanol–water partition coefficient (Wildman–Crippen LogP) is 3.27. The minimum atomic E-state index is 0.347. The van der Waals surface area contributed by atoms with Crippen LogP contribution in [0.5, 0.6) is 0 Å². The van der Waals surface area contributed by atoms with Gasteiger partial charge in [0.25, 0.3) is 0 Å². The van der Waals surface area contributed by atoms with Crippen molar-refractivity contribution in [3.05, 3.63) is 29.1 Å². The van der Waals surface area contributed by atoms with Crippen molar-refractivity contribution < 1.29 is 0 Å². The van der Waals surface area contributed by atoms with Gasteiger partial charge in [-0.15, -0.1) is 0 Å². The van der Waals surface area contributed by atoms with Crippen LogP contribution in [0.2, 0.25) is 0 Å². The molecule has 1 heterocycles. The van der Waals surface area contributed by atoms with Crippen molar-refractivity contribution in [3.8, 4) is 0 Å². The molecule has 1 N–H and O–H groups in total. The maximum Gasteiger partial charge on any atom is 0.0707 e. The molecule has 0 amide bonds. The Balaban J connectivity index is 2.26. The van der Waals surface area contributed by atoms with Crippen LogP contribution in [0.3, 0.4) is 0 Å². The van der Waals surface area contributed by atoms with Crippen molar-refractivity contribution >= 4 is 0 Å². The van der Waals surface area contributed by atoms with E-state index in [0.717, 1.165) is 12.2 Å². The van der Waals surface area contributed by atoms with E-state index in [1.165, 1.54) is 37.8 Å². The monoisotopic (exact) mass is 247 g/mol. The van der Waals surface area contributed by atoms with E-state index in [0.29, 0.717) is 6.04 Å². The molecule has 1 unspecified atom stereocenters. The molecule has 0 saturated carbocycles. The van der Waals surface area contributed by atoms with Gasteiger partial charge in [-0.3, -0.25) is 4.68 Å². The highest BCUT2D eigenvalue weighted by atomic mass is 15.3. The summed E-state index contributed by atoms with van der Waals surface area (Å²) in [6.45, 7) is 5.23. The molecule has 0 aliphatic heterocycles. The summed E-state index contributed by atoms with van der Waals surface area (Å²) < 4.78 is 2.02. The first-order valence-electron chi connectivity index (χ1n) is 7.15. The topological polar surface area (TPSA) is 29.9 Å². The molecular weight excluding hydrogens is 222 g/mol. The first-order chi connectivity index (χ1) is 8.72. The van der Waals surface area contributed by atoms with Crippen molar-refractivity contribution in [1.82, 2.24) is 15.1 Å². The number of aryl methyl sites for hydroxylation is 2. The quantitative estimate of drug-likeness (QED) is 0.828. The maximum atomic E-state index is 4.48. The lowest BCUT2D eigenvalue weighted by molar-refractivity contribution is 0.545. The second-order valence-electron chi connectivity index (χ2n) is 5.20. The zero-order valence-corrected chi connectivity index (χ0v) is 11.9. The van der Waals surface area contributed by atoms with Gasteiger partial charge in [-0.2, -0.15) is 5.10 Å². The SMILES string of the molecule is CCNC(C1=CCCCCC1)c1cc(C)nn1C. The van der Waals surface area contributed by atoms with E-state index in [9.17, 15) is 0 Å². The maximum absolute atomic E-state index is 4.48. The van der Waals surface area contributed by atoms with E-state index in [-0.39, 0.29) is 0 Å². The number of likely N-dealkylation sites (N-methyl/N-ethyl adjacent to an activating group) is 1.